The second-order valence-electron chi connectivity index (χ2n) is 12.8. The Kier molecular flexibility index (Phi) is 6.53. The monoisotopic (exact) mass is 517 g/mol. The fourth-order valence-electron chi connectivity index (χ4n) is 7.11. The maximum Gasteiger partial charge on any atom is 0.420 e. The standard InChI is InChI=1S/C30H38F3NO3/c1-27(2,3)21-6-8-22(9-7-21)37-24-11-5-20-16-19(4-10-23(20)25(24)30(31,32)33)17-34-29-14-12-28(18-29,13-15-29)26(35)36/h4-5,10-11,16,21-22,34H,6-9,12-15,17-18H2,1-3H3,(H,35,36)/t21-,22-,28?,29?. The van der Waals surface area contributed by atoms with Crippen LogP contribution in [0.4, 0.5) is 13.2 Å². The van der Waals surface area contributed by atoms with Crippen LogP contribution in [-0.4, -0.2) is 22.7 Å². The Labute approximate surface area is 217 Å². The van der Waals surface area contributed by atoms with E-state index in [4.69, 9.17) is 4.74 Å². The minimum Gasteiger partial charge on any atom is -0.490 e. The third-order valence-electron chi connectivity index (χ3n) is 9.48. The van der Waals surface area contributed by atoms with Crippen LogP contribution >= 0.6 is 0 Å². The van der Waals surface area contributed by atoms with Gasteiger partial charge in [-0.15, -0.1) is 0 Å². The van der Waals surface area contributed by atoms with Gasteiger partial charge >= 0.3 is 12.1 Å². The summed E-state index contributed by atoms with van der Waals surface area (Å²) in [5.41, 5.74) is -0.400. The number of carboxylic acid groups (broad SMARTS) is 1. The highest BCUT2D eigenvalue weighted by molar-refractivity contribution is 5.89. The molecule has 0 spiro atoms. The molecule has 7 heteroatoms. The number of fused-ring (bicyclic) bond motifs is 3. The van der Waals surface area contributed by atoms with E-state index in [1.807, 2.05) is 0 Å². The Morgan fingerprint density at radius 3 is 2.27 bits per heavy atom. The number of hydrogen-bond acceptors (Lipinski definition) is 3. The normalized spacial score (nSPS) is 30.1. The minimum absolute atomic E-state index is 0.0779. The molecular weight excluding hydrogens is 479 g/mol. The topological polar surface area (TPSA) is 58.6 Å². The summed E-state index contributed by atoms with van der Waals surface area (Å²) in [6.07, 6.45) is 2.39. The van der Waals surface area contributed by atoms with Crippen LogP contribution in [0.15, 0.2) is 30.3 Å². The number of nitrogens with one attached hydrogen (secondary N) is 1. The van der Waals surface area contributed by atoms with Gasteiger partial charge in [-0.2, -0.15) is 13.2 Å². The zero-order valence-corrected chi connectivity index (χ0v) is 22.0. The first kappa shape index (κ1) is 26.3. The summed E-state index contributed by atoms with van der Waals surface area (Å²) in [4.78, 5) is 11.7. The van der Waals surface area contributed by atoms with Gasteiger partial charge in [0.1, 0.15) is 11.3 Å². The molecular formula is C30H38F3NO3. The Balaban J connectivity index is 1.32. The average molecular weight is 518 g/mol. The van der Waals surface area contributed by atoms with E-state index in [0.717, 1.165) is 44.1 Å². The molecule has 2 N–H and O–H groups in total. The van der Waals surface area contributed by atoms with Crippen LogP contribution in [0.1, 0.15) is 89.7 Å². The van der Waals surface area contributed by atoms with Crippen molar-refractivity contribution >= 4 is 16.7 Å². The zero-order chi connectivity index (χ0) is 26.6. The summed E-state index contributed by atoms with van der Waals surface area (Å²) >= 11 is 0. The van der Waals surface area contributed by atoms with Gasteiger partial charge in [0.05, 0.1) is 11.5 Å². The predicted octanol–water partition coefficient (Wildman–Crippen LogP) is 7.72. The van der Waals surface area contributed by atoms with E-state index >= 15 is 0 Å². The zero-order valence-electron chi connectivity index (χ0n) is 22.0. The number of carboxylic acids is 1. The Hall–Kier alpha value is -2.28. The van der Waals surface area contributed by atoms with Crippen LogP contribution in [0, 0.1) is 16.7 Å². The lowest BCUT2D eigenvalue weighted by atomic mass is 9.72. The van der Waals surface area contributed by atoms with E-state index in [1.165, 1.54) is 6.07 Å². The van der Waals surface area contributed by atoms with Crippen molar-refractivity contribution in [3.8, 4) is 5.75 Å². The molecule has 4 nitrogen and oxygen atoms in total. The van der Waals surface area contributed by atoms with Gasteiger partial charge in [0.2, 0.25) is 0 Å². The van der Waals surface area contributed by atoms with Gasteiger partial charge in [0.25, 0.3) is 0 Å². The predicted molar refractivity (Wildman–Crippen MR) is 138 cm³/mol. The van der Waals surface area contributed by atoms with Crippen LogP contribution in [0.25, 0.3) is 10.8 Å². The van der Waals surface area contributed by atoms with Crippen LogP contribution in [-0.2, 0) is 17.5 Å². The van der Waals surface area contributed by atoms with Crippen molar-refractivity contribution in [1.82, 2.24) is 5.32 Å². The molecule has 0 aliphatic heterocycles. The molecule has 0 atom stereocenters. The summed E-state index contributed by atoms with van der Waals surface area (Å²) in [7, 11) is 0. The molecule has 3 fully saturated rings. The number of rotatable bonds is 6. The quantitative estimate of drug-likeness (QED) is 0.412. The number of benzene rings is 2. The summed E-state index contributed by atoms with van der Waals surface area (Å²) in [6, 6.07) is 8.31. The van der Waals surface area contributed by atoms with Crippen molar-refractivity contribution in [2.75, 3.05) is 0 Å². The van der Waals surface area contributed by atoms with Gasteiger partial charge in [-0.1, -0.05) is 39.0 Å². The number of aliphatic carboxylic acids is 1. The molecule has 2 aromatic carbocycles. The lowest BCUT2D eigenvalue weighted by molar-refractivity contribution is -0.148. The molecule has 37 heavy (non-hydrogen) atoms. The fourth-order valence-corrected chi connectivity index (χ4v) is 7.11. The van der Waals surface area contributed by atoms with Crippen LogP contribution in [0.3, 0.4) is 0 Å². The van der Waals surface area contributed by atoms with Gasteiger partial charge in [0.15, 0.2) is 0 Å². The van der Waals surface area contributed by atoms with Crippen molar-refractivity contribution < 1.29 is 27.8 Å². The lowest BCUT2D eigenvalue weighted by Gasteiger charge is -2.37. The van der Waals surface area contributed by atoms with E-state index < -0.39 is 23.1 Å². The highest BCUT2D eigenvalue weighted by atomic mass is 19.4. The van der Waals surface area contributed by atoms with E-state index in [-0.39, 0.29) is 28.2 Å². The number of hydrogen-bond donors (Lipinski definition) is 2. The first-order chi connectivity index (χ1) is 17.3. The summed E-state index contributed by atoms with van der Waals surface area (Å²) in [6.45, 7) is 7.16. The molecule has 0 radical (unpaired) electrons. The first-order valence-corrected chi connectivity index (χ1v) is 13.6. The van der Waals surface area contributed by atoms with Crippen molar-refractivity contribution in [2.24, 2.45) is 16.7 Å². The second kappa shape index (κ2) is 9.18. The average Bonchev–Trinajstić information content (AvgIpc) is 3.40. The number of alkyl halides is 3. The molecule has 202 valence electrons. The molecule has 0 unspecified atom stereocenters. The molecule has 0 amide bonds. The second-order valence-corrected chi connectivity index (χ2v) is 12.8. The minimum atomic E-state index is -4.52. The molecule has 0 saturated heterocycles. The number of halogens is 3. The maximum absolute atomic E-state index is 14.3. The Morgan fingerprint density at radius 1 is 1.03 bits per heavy atom. The van der Waals surface area contributed by atoms with Gasteiger partial charge in [-0.3, -0.25) is 4.79 Å². The van der Waals surface area contributed by atoms with Crippen molar-refractivity contribution in [2.45, 2.75) is 103 Å². The van der Waals surface area contributed by atoms with Crippen molar-refractivity contribution in [3.63, 3.8) is 0 Å². The van der Waals surface area contributed by atoms with E-state index in [0.29, 0.717) is 37.1 Å². The molecule has 0 aromatic heterocycles. The number of ether oxygens (including phenoxy) is 1. The van der Waals surface area contributed by atoms with Crippen LogP contribution in [0.2, 0.25) is 0 Å². The van der Waals surface area contributed by atoms with Gasteiger partial charge in [0, 0.05) is 12.1 Å². The van der Waals surface area contributed by atoms with E-state index in [9.17, 15) is 23.1 Å². The molecule has 3 aliphatic rings. The summed E-state index contributed by atoms with van der Waals surface area (Å²) in [5, 5.41) is 13.9. The number of carbonyl (C=O) groups is 1. The van der Waals surface area contributed by atoms with Crippen molar-refractivity contribution in [1.29, 1.82) is 0 Å². The maximum atomic E-state index is 14.3. The van der Waals surface area contributed by atoms with E-state index in [2.05, 4.69) is 26.1 Å². The lowest BCUT2D eigenvalue weighted by Crippen LogP contribution is -2.40. The molecule has 2 bridgehead atoms. The SMILES string of the molecule is CC(C)(C)[C@H]1CC[C@H](Oc2ccc3cc(CNC45CCC(C(=O)O)(CC4)C5)ccc3c2C(F)(F)F)CC1. The van der Waals surface area contributed by atoms with Gasteiger partial charge in [-0.25, -0.2) is 0 Å². The first-order valence-electron chi connectivity index (χ1n) is 13.6. The Morgan fingerprint density at radius 2 is 1.70 bits per heavy atom. The van der Waals surface area contributed by atoms with Gasteiger partial charge < -0.3 is 15.2 Å². The molecule has 2 aromatic rings. The highest BCUT2D eigenvalue weighted by Gasteiger charge is 2.58. The fraction of sp³-hybridized carbons (Fsp3) is 0.633. The molecule has 5 rings (SSSR count). The molecule has 3 saturated carbocycles. The van der Waals surface area contributed by atoms with E-state index in [1.54, 1.807) is 24.3 Å². The van der Waals surface area contributed by atoms with Gasteiger partial charge in [-0.05, 0) is 97.6 Å². The Bertz CT molecular complexity index is 1170. The third-order valence-corrected chi connectivity index (χ3v) is 9.48. The largest absolute Gasteiger partial charge is 0.490 e. The summed E-state index contributed by atoms with van der Waals surface area (Å²) < 4.78 is 48.8. The smallest absolute Gasteiger partial charge is 0.420 e. The van der Waals surface area contributed by atoms with Crippen LogP contribution < -0.4 is 10.1 Å². The third kappa shape index (κ3) is 5.08. The summed E-state index contributed by atoms with van der Waals surface area (Å²) in [5.74, 6) is -0.225. The highest BCUT2D eigenvalue weighted by Crippen LogP contribution is 2.56. The molecule has 0 heterocycles. The van der Waals surface area contributed by atoms with Crippen LogP contribution in [0.5, 0.6) is 5.75 Å². The van der Waals surface area contributed by atoms with Crippen molar-refractivity contribution in [3.05, 3.63) is 41.5 Å². The molecule has 3 aliphatic carbocycles.